The summed E-state index contributed by atoms with van der Waals surface area (Å²) in [5, 5.41) is 12.9. The predicted octanol–water partition coefficient (Wildman–Crippen LogP) is 3.94. The lowest BCUT2D eigenvalue weighted by Crippen LogP contribution is -2.19. The number of hydrogen-bond donors (Lipinski definition) is 2. The van der Waals surface area contributed by atoms with Crippen molar-refractivity contribution in [1.82, 2.24) is 5.32 Å². The Bertz CT molecular complexity index is 640. The van der Waals surface area contributed by atoms with Crippen LogP contribution in [-0.2, 0) is 6.54 Å². The van der Waals surface area contributed by atoms with E-state index in [2.05, 4.69) is 5.32 Å². The summed E-state index contributed by atoms with van der Waals surface area (Å²) in [6.45, 7) is 0.400. The van der Waals surface area contributed by atoms with Crippen molar-refractivity contribution in [1.29, 1.82) is 0 Å². The Morgan fingerprint density at radius 2 is 2.05 bits per heavy atom. The van der Waals surface area contributed by atoms with E-state index in [1.165, 1.54) is 11.3 Å². The molecule has 0 radical (unpaired) electrons. The fourth-order valence-corrected chi connectivity index (χ4v) is 3.44. The first-order chi connectivity index (χ1) is 9.88. The number of carboxylic acids is 1. The molecule has 1 aromatic carbocycles. The van der Waals surface area contributed by atoms with Crippen LogP contribution in [0.15, 0.2) is 24.3 Å². The molecule has 0 aliphatic heterocycles. The molecular weight excluding hydrogens is 323 g/mol. The third-order valence-electron chi connectivity index (χ3n) is 2.74. The smallest absolute Gasteiger partial charge is 0.441 e. The van der Waals surface area contributed by atoms with Gasteiger partial charge in [0, 0.05) is 23.5 Å². The van der Waals surface area contributed by atoms with E-state index in [4.69, 9.17) is 0 Å². The van der Waals surface area contributed by atoms with E-state index in [0.717, 1.165) is 10.1 Å². The molecule has 0 bridgehead atoms. The van der Waals surface area contributed by atoms with Gasteiger partial charge in [0.25, 0.3) is 0 Å². The first-order valence-corrected chi connectivity index (χ1v) is 7.84. The normalized spacial score (nSPS) is 12.0. The number of benzene rings is 1. The molecule has 0 atom stereocenters. The predicted molar refractivity (Wildman–Crippen MR) is 79.0 cm³/mol. The van der Waals surface area contributed by atoms with E-state index in [1.807, 2.05) is 24.3 Å². The summed E-state index contributed by atoms with van der Waals surface area (Å²) >= 11 is 1.08. The summed E-state index contributed by atoms with van der Waals surface area (Å²) in [5.74, 6) is -1.12. The molecule has 1 heterocycles. The number of hydrogen-bond acceptors (Lipinski definition) is 4. The first-order valence-electron chi connectivity index (χ1n) is 6.03. The largest absolute Gasteiger partial charge is 0.477 e. The van der Waals surface area contributed by atoms with Crippen molar-refractivity contribution in [2.45, 2.75) is 12.1 Å². The van der Waals surface area contributed by atoms with E-state index in [0.29, 0.717) is 5.56 Å². The van der Waals surface area contributed by atoms with E-state index in [9.17, 15) is 23.1 Å². The van der Waals surface area contributed by atoms with E-state index >= 15 is 0 Å². The zero-order chi connectivity index (χ0) is 15.5. The van der Waals surface area contributed by atoms with Crippen LogP contribution in [0.1, 0.15) is 15.2 Å². The number of aromatic carboxylic acids is 1. The molecule has 0 spiro atoms. The van der Waals surface area contributed by atoms with Gasteiger partial charge in [-0.2, -0.15) is 13.2 Å². The topological polar surface area (TPSA) is 49.3 Å². The molecule has 21 heavy (non-hydrogen) atoms. The molecule has 2 aromatic rings. The number of halogens is 3. The summed E-state index contributed by atoms with van der Waals surface area (Å²) in [4.78, 5) is 11.5. The van der Waals surface area contributed by atoms with Crippen molar-refractivity contribution in [3.63, 3.8) is 0 Å². The highest BCUT2D eigenvalue weighted by atomic mass is 32.2. The Morgan fingerprint density at radius 3 is 2.71 bits per heavy atom. The molecule has 3 nitrogen and oxygen atoms in total. The van der Waals surface area contributed by atoms with E-state index in [1.54, 1.807) is 0 Å². The van der Waals surface area contributed by atoms with Gasteiger partial charge in [0.05, 0.1) is 0 Å². The zero-order valence-electron chi connectivity index (χ0n) is 10.7. The molecule has 0 amide bonds. The number of nitrogens with one attached hydrogen (secondary N) is 1. The number of fused-ring (bicyclic) bond motifs is 1. The Kier molecular flexibility index (Phi) is 5.13. The van der Waals surface area contributed by atoms with Gasteiger partial charge in [-0.1, -0.05) is 18.2 Å². The number of thiophene rings is 1. The molecule has 0 aliphatic carbocycles. The number of thioether (sulfide) groups is 1. The molecular formula is C13H12F3NO2S2. The van der Waals surface area contributed by atoms with Crippen LogP contribution in [0.4, 0.5) is 13.2 Å². The number of alkyl halides is 3. The van der Waals surface area contributed by atoms with Crippen molar-refractivity contribution in [2.24, 2.45) is 0 Å². The summed E-state index contributed by atoms with van der Waals surface area (Å²) in [6.07, 6.45) is 0. The second-order valence-electron chi connectivity index (χ2n) is 4.18. The van der Waals surface area contributed by atoms with Crippen molar-refractivity contribution < 1.29 is 23.1 Å². The molecule has 8 heteroatoms. The van der Waals surface area contributed by atoms with Crippen LogP contribution in [0.2, 0.25) is 0 Å². The minimum absolute atomic E-state index is 0.0913. The molecule has 0 saturated heterocycles. The second-order valence-corrected chi connectivity index (χ2v) is 6.39. The lowest BCUT2D eigenvalue weighted by molar-refractivity contribution is -0.0327. The maximum atomic E-state index is 12.0. The average molecular weight is 335 g/mol. The third kappa shape index (κ3) is 4.36. The van der Waals surface area contributed by atoms with Gasteiger partial charge < -0.3 is 10.4 Å². The number of carboxylic acid groups (broad SMARTS) is 1. The maximum absolute atomic E-state index is 12.0. The summed E-state index contributed by atoms with van der Waals surface area (Å²) < 4.78 is 36.8. The molecule has 0 aliphatic rings. The van der Waals surface area contributed by atoms with Crippen molar-refractivity contribution in [3.8, 4) is 0 Å². The third-order valence-corrected chi connectivity index (χ3v) is 4.68. The van der Waals surface area contributed by atoms with Crippen molar-refractivity contribution in [3.05, 3.63) is 34.7 Å². The second kappa shape index (κ2) is 6.67. The van der Waals surface area contributed by atoms with Crippen LogP contribution in [0.25, 0.3) is 10.1 Å². The molecule has 2 N–H and O–H groups in total. The fraction of sp³-hybridized carbons (Fsp3) is 0.308. The maximum Gasteiger partial charge on any atom is 0.441 e. The monoisotopic (exact) mass is 335 g/mol. The minimum Gasteiger partial charge on any atom is -0.477 e. The number of carbonyl (C=O) groups is 1. The Balaban J connectivity index is 2.04. The van der Waals surface area contributed by atoms with Crippen LogP contribution in [0.3, 0.4) is 0 Å². The van der Waals surface area contributed by atoms with Gasteiger partial charge in [0.15, 0.2) is 0 Å². The standard InChI is InChI=1S/C13H12F3NO2S2/c14-13(15,16)20-6-5-17-7-9-8-3-1-2-4-10(8)21-11(9)12(18)19/h1-4,17H,5-7H2,(H,18,19). The summed E-state index contributed by atoms with van der Waals surface area (Å²) in [6, 6.07) is 7.28. The van der Waals surface area contributed by atoms with Gasteiger partial charge in [-0.25, -0.2) is 4.79 Å². The molecule has 0 unspecified atom stereocenters. The van der Waals surface area contributed by atoms with Crippen LogP contribution in [-0.4, -0.2) is 28.9 Å². The number of rotatable bonds is 6. The van der Waals surface area contributed by atoms with Crippen LogP contribution >= 0.6 is 23.1 Å². The highest BCUT2D eigenvalue weighted by Gasteiger charge is 2.27. The molecule has 0 saturated carbocycles. The van der Waals surface area contributed by atoms with Gasteiger partial charge in [0.1, 0.15) is 4.88 Å². The highest BCUT2D eigenvalue weighted by molar-refractivity contribution is 8.00. The van der Waals surface area contributed by atoms with Crippen LogP contribution < -0.4 is 5.32 Å². The molecule has 114 valence electrons. The molecule has 2 rings (SSSR count). The molecule has 1 aromatic heterocycles. The minimum atomic E-state index is -4.23. The summed E-state index contributed by atoms with van der Waals surface area (Å²) in [5.41, 5.74) is -3.61. The quantitative estimate of drug-likeness (QED) is 0.785. The van der Waals surface area contributed by atoms with Crippen molar-refractivity contribution in [2.75, 3.05) is 12.3 Å². The SMILES string of the molecule is O=C(O)c1sc2ccccc2c1CNCCSC(F)(F)F. The zero-order valence-corrected chi connectivity index (χ0v) is 12.4. The van der Waals surface area contributed by atoms with Gasteiger partial charge >= 0.3 is 11.5 Å². The Hall–Kier alpha value is -1.25. The first kappa shape index (κ1) is 16.1. The van der Waals surface area contributed by atoms with Crippen molar-refractivity contribution >= 4 is 39.2 Å². The van der Waals surface area contributed by atoms with Crippen LogP contribution in [0.5, 0.6) is 0 Å². The average Bonchev–Trinajstić information content (AvgIpc) is 2.76. The Labute approximate surface area is 127 Å². The van der Waals surface area contributed by atoms with Gasteiger partial charge in [-0.05, 0) is 28.8 Å². The highest BCUT2D eigenvalue weighted by Crippen LogP contribution is 2.31. The van der Waals surface area contributed by atoms with Gasteiger partial charge in [-0.15, -0.1) is 11.3 Å². The van der Waals surface area contributed by atoms with E-state index in [-0.39, 0.29) is 35.5 Å². The molecule has 0 fully saturated rings. The van der Waals surface area contributed by atoms with Gasteiger partial charge in [0.2, 0.25) is 0 Å². The fourth-order valence-electron chi connectivity index (χ4n) is 1.90. The summed E-state index contributed by atoms with van der Waals surface area (Å²) in [7, 11) is 0. The lowest BCUT2D eigenvalue weighted by Gasteiger charge is -2.07. The van der Waals surface area contributed by atoms with E-state index < -0.39 is 11.5 Å². The Morgan fingerprint density at radius 1 is 1.33 bits per heavy atom. The lowest BCUT2D eigenvalue weighted by atomic mass is 10.1. The van der Waals surface area contributed by atoms with Gasteiger partial charge in [-0.3, -0.25) is 0 Å². The van der Waals surface area contributed by atoms with Crippen LogP contribution in [0, 0.1) is 0 Å².